The van der Waals surface area contributed by atoms with Crippen molar-refractivity contribution in [2.24, 2.45) is 0 Å². The average Bonchev–Trinajstić information content (AvgIpc) is 2.18. The average molecular weight is 212 g/mol. The van der Waals surface area contributed by atoms with E-state index in [0.29, 0.717) is 13.2 Å². The van der Waals surface area contributed by atoms with Crippen LogP contribution < -0.4 is 9.47 Å². The molecule has 0 aliphatic heterocycles. The van der Waals surface area contributed by atoms with Gasteiger partial charge in [-0.3, -0.25) is 0 Å². The SMILES string of the molecule is CCOc1cc(OCC)cc(SC)c1. The van der Waals surface area contributed by atoms with E-state index >= 15 is 0 Å². The van der Waals surface area contributed by atoms with Crippen LogP contribution in [0.25, 0.3) is 0 Å². The summed E-state index contributed by atoms with van der Waals surface area (Å²) < 4.78 is 10.9. The molecule has 1 rings (SSSR count). The lowest BCUT2D eigenvalue weighted by Gasteiger charge is -2.09. The van der Waals surface area contributed by atoms with Crippen LogP contribution in [0.15, 0.2) is 23.1 Å². The molecule has 0 amide bonds. The van der Waals surface area contributed by atoms with E-state index in [4.69, 9.17) is 9.47 Å². The van der Waals surface area contributed by atoms with Crippen LogP contribution in [0.3, 0.4) is 0 Å². The van der Waals surface area contributed by atoms with Crippen LogP contribution in [0, 0.1) is 0 Å². The number of thioether (sulfide) groups is 1. The van der Waals surface area contributed by atoms with Gasteiger partial charge in [-0.05, 0) is 32.2 Å². The Morgan fingerprint density at radius 1 is 1.00 bits per heavy atom. The van der Waals surface area contributed by atoms with Crippen molar-refractivity contribution in [1.29, 1.82) is 0 Å². The maximum atomic E-state index is 5.44. The number of ether oxygens (including phenoxy) is 2. The summed E-state index contributed by atoms with van der Waals surface area (Å²) in [5.74, 6) is 1.76. The number of rotatable bonds is 5. The molecule has 0 spiro atoms. The fourth-order valence-corrected chi connectivity index (χ4v) is 1.63. The van der Waals surface area contributed by atoms with Gasteiger partial charge in [0.2, 0.25) is 0 Å². The second kappa shape index (κ2) is 5.81. The van der Waals surface area contributed by atoms with Crippen molar-refractivity contribution < 1.29 is 9.47 Å². The number of benzene rings is 1. The summed E-state index contributed by atoms with van der Waals surface area (Å²) in [6, 6.07) is 5.97. The number of hydrogen-bond donors (Lipinski definition) is 0. The molecule has 3 heteroatoms. The van der Waals surface area contributed by atoms with E-state index in [2.05, 4.69) is 0 Å². The van der Waals surface area contributed by atoms with Gasteiger partial charge < -0.3 is 9.47 Å². The molecule has 0 bridgehead atoms. The van der Waals surface area contributed by atoms with Crippen LogP contribution in [0.1, 0.15) is 13.8 Å². The van der Waals surface area contributed by atoms with E-state index in [1.807, 2.05) is 38.3 Å². The zero-order chi connectivity index (χ0) is 10.4. The van der Waals surface area contributed by atoms with Crippen LogP contribution in [-0.4, -0.2) is 19.5 Å². The topological polar surface area (TPSA) is 18.5 Å². The monoisotopic (exact) mass is 212 g/mol. The molecule has 1 aromatic rings. The summed E-state index contributed by atoms with van der Waals surface area (Å²) in [4.78, 5) is 1.17. The highest BCUT2D eigenvalue weighted by atomic mass is 32.2. The highest BCUT2D eigenvalue weighted by Crippen LogP contribution is 2.28. The zero-order valence-electron chi connectivity index (χ0n) is 8.87. The summed E-state index contributed by atoms with van der Waals surface area (Å²) >= 11 is 1.69. The molecule has 1 aromatic carbocycles. The van der Waals surface area contributed by atoms with Gasteiger partial charge in [0.1, 0.15) is 11.5 Å². The van der Waals surface area contributed by atoms with E-state index in [1.165, 1.54) is 4.90 Å². The third-order valence-corrected chi connectivity index (χ3v) is 2.42. The lowest BCUT2D eigenvalue weighted by atomic mass is 10.3. The summed E-state index contributed by atoms with van der Waals surface area (Å²) in [7, 11) is 0. The van der Waals surface area contributed by atoms with Crippen molar-refractivity contribution in [2.75, 3.05) is 19.5 Å². The first kappa shape index (κ1) is 11.2. The van der Waals surface area contributed by atoms with Crippen LogP contribution >= 0.6 is 11.8 Å². The standard InChI is InChI=1S/C11H16O2S/c1-4-12-9-6-10(13-5-2)8-11(7-9)14-3/h6-8H,4-5H2,1-3H3. The highest BCUT2D eigenvalue weighted by molar-refractivity contribution is 7.98. The van der Waals surface area contributed by atoms with Gasteiger partial charge in [-0.25, -0.2) is 0 Å². The first-order valence-corrected chi connectivity index (χ1v) is 5.97. The minimum absolute atomic E-state index is 0.684. The normalized spacial score (nSPS) is 9.93. The molecule has 14 heavy (non-hydrogen) atoms. The third kappa shape index (κ3) is 3.14. The van der Waals surface area contributed by atoms with E-state index in [-0.39, 0.29) is 0 Å². The Balaban J connectivity index is 2.88. The van der Waals surface area contributed by atoms with Crippen LogP contribution in [0.5, 0.6) is 11.5 Å². The van der Waals surface area contributed by atoms with Gasteiger partial charge in [0.25, 0.3) is 0 Å². The minimum Gasteiger partial charge on any atom is -0.494 e. The van der Waals surface area contributed by atoms with Crippen molar-refractivity contribution in [3.63, 3.8) is 0 Å². The highest BCUT2D eigenvalue weighted by Gasteiger charge is 2.01. The summed E-state index contributed by atoms with van der Waals surface area (Å²) in [6.45, 7) is 5.32. The van der Waals surface area contributed by atoms with E-state index in [1.54, 1.807) is 11.8 Å². The minimum atomic E-state index is 0.684. The van der Waals surface area contributed by atoms with Crippen molar-refractivity contribution in [3.05, 3.63) is 18.2 Å². The molecule has 0 aromatic heterocycles. The second-order valence-electron chi connectivity index (χ2n) is 2.71. The molecular weight excluding hydrogens is 196 g/mol. The maximum absolute atomic E-state index is 5.44. The Kier molecular flexibility index (Phi) is 4.66. The molecular formula is C11H16O2S. The third-order valence-electron chi connectivity index (χ3n) is 1.71. The first-order valence-electron chi connectivity index (χ1n) is 4.74. The van der Waals surface area contributed by atoms with Gasteiger partial charge in [0, 0.05) is 11.0 Å². The summed E-state index contributed by atoms with van der Waals surface area (Å²) in [5.41, 5.74) is 0. The molecule has 0 saturated heterocycles. The van der Waals surface area contributed by atoms with Crippen molar-refractivity contribution in [2.45, 2.75) is 18.7 Å². The van der Waals surface area contributed by atoms with Crippen LogP contribution in [-0.2, 0) is 0 Å². The lowest BCUT2D eigenvalue weighted by Crippen LogP contribution is -1.95. The van der Waals surface area contributed by atoms with Gasteiger partial charge in [-0.1, -0.05) is 0 Å². The molecule has 0 unspecified atom stereocenters. The zero-order valence-corrected chi connectivity index (χ0v) is 9.69. The molecule has 0 aliphatic rings. The molecule has 0 N–H and O–H groups in total. The molecule has 0 saturated carbocycles. The summed E-state index contributed by atoms with van der Waals surface area (Å²) in [5, 5.41) is 0. The van der Waals surface area contributed by atoms with Gasteiger partial charge in [0.05, 0.1) is 13.2 Å². The van der Waals surface area contributed by atoms with Crippen molar-refractivity contribution in [1.82, 2.24) is 0 Å². The van der Waals surface area contributed by atoms with Crippen molar-refractivity contribution in [3.8, 4) is 11.5 Å². The second-order valence-corrected chi connectivity index (χ2v) is 3.59. The van der Waals surface area contributed by atoms with Gasteiger partial charge in [-0.2, -0.15) is 0 Å². The fourth-order valence-electron chi connectivity index (χ4n) is 1.16. The molecule has 0 aliphatic carbocycles. The van der Waals surface area contributed by atoms with Crippen molar-refractivity contribution >= 4 is 11.8 Å². The molecule has 2 nitrogen and oxygen atoms in total. The Morgan fingerprint density at radius 2 is 1.50 bits per heavy atom. The fraction of sp³-hybridized carbons (Fsp3) is 0.455. The molecule has 0 fully saturated rings. The quantitative estimate of drug-likeness (QED) is 0.698. The van der Waals surface area contributed by atoms with E-state index in [0.717, 1.165) is 11.5 Å². The molecule has 0 radical (unpaired) electrons. The van der Waals surface area contributed by atoms with Gasteiger partial charge in [0.15, 0.2) is 0 Å². The number of hydrogen-bond acceptors (Lipinski definition) is 3. The molecule has 0 heterocycles. The van der Waals surface area contributed by atoms with E-state index in [9.17, 15) is 0 Å². The maximum Gasteiger partial charge on any atom is 0.124 e. The van der Waals surface area contributed by atoms with Gasteiger partial charge in [-0.15, -0.1) is 11.8 Å². The summed E-state index contributed by atoms with van der Waals surface area (Å²) in [6.07, 6.45) is 2.04. The van der Waals surface area contributed by atoms with Crippen LogP contribution in [0.2, 0.25) is 0 Å². The Labute approximate surface area is 89.6 Å². The molecule has 78 valence electrons. The lowest BCUT2D eigenvalue weighted by molar-refractivity contribution is 0.321. The smallest absolute Gasteiger partial charge is 0.124 e. The predicted molar refractivity (Wildman–Crippen MR) is 60.6 cm³/mol. The Bertz CT molecular complexity index is 262. The predicted octanol–water partition coefficient (Wildman–Crippen LogP) is 3.21. The Hall–Kier alpha value is -0.830. The first-order chi connectivity index (χ1) is 6.80. The van der Waals surface area contributed by atoms with Gasteiger partial charge >= 0.3 is 0 Å². The van der Waals surface area contributed by atoms with E-state index < -0.39 is 0 Å². The largest absolute Gasteiger partial charge is 0.494 e. The molecule has 0 atom stereocenters. The Morgan fingerprint density at radius 3 is 1.86 bits per heavy atom. The van der Waals surface area contributed by atoms with Crippen LogP contribution in [0.4, 0.5) is 0 Å².